The molecule has 0 aromatic heterocycles. The average Bonchev–Trinajstić information content (AvgIpc) is 2.44. The summed E-state index contributed by atoms with van der Waals surface area (Å²) in [5.74, 6) is -1.06. The van der Waals surface area contributed by atoms with E-state index >= 15 is 0 Å². The first-order valence-electron chi connectivity index (χ1n) is 7.33. The van der Waals surface area contributed by atoms with E-state index in [4.69, 9.17) is 0 Å². The lowest BCUT2D eigenvalue weighted by atomic mass is 9.98. The fourth-order valence-electron chi connectivity index (χ4n) is 2.36. The van der Waals surface area contributed by atoms with Crippen molar-refractivity contribution in [3.8, 4) is 0 Å². The first-order chi connectivity index (χ1) is 10.1. The van der Waals surface area contributed by atoms with Gasteiger partial charge in [-0.3, -0.25) is 0 Å². The van der Waals surface area contributed by atoms with Crippen LogP contribution in [-0.2, 0) is 6.42 Å². The van der Waals surface area contributed by atoms with Gasteiger partial charge in [-0.2, -0.15) is 0 Å². The summed E-state index contributed by atoms with van der Waals surface area (Å²) in [6, 6.07) is 11.9. The highest BCUT2D eigenvalue weighted by Gasteiger charge is 2.14. The molecule has 0 aliphatic rings. The lowest BCUT2D eigenvalue weighted by Gasteiger charge is -2.19. The molecular formula is C18H21F2N. The molecule has 21 heavy (non-hydrogen) atoms. The maximum absolute atomic E-state index is 13.4. The van der Waals surface area contributed by atoms with Gasteiger partial charge in [-0.1, -0.05) is 36.8 Å². The number of halogens is 2. The lowest BCUT2D eigenvalue weighted by Crippen LogP contribution is -2.24. The monoisotopic (exact) mass is 289 g/mol. The molecule has 2 rings (SSSR count). The SMILES string of the molecule is CCCNC(Cc1ccc(C)cc1)c1cc(F)cc(F)c1. The van der Waals surface area contributed by atoms with Gasteiger partial charge in [0.25, 0.3) is 0 Å². The smallest absolute Gasteiger partial charge is 0.126 e. The molecule has 0 radical (unpaired) electrons. The summed E-state index contributed by atoms with van der Waals surface area (Å²) in [6.45, 7) is 4.93. The second kappa shape index (κ2) is 7.32. The number of hydrogen-bond acceptors (Lipinski definition) is 1. The Morgan fingerprint density at radius 3 is 2.19 bits per heavy atom. The Labute approximate surface area is 125 Å². The summed E-state index contributed by atoms with van der Waals surface area (Å²) in [7, 11) is 0. The highest BCUT2D eigenvalue weighted by atomic mass is 19.1. The lowest BCUT2D eigenvalue weighted by molar-refractivity contribution is 0.515. The van der Waals surface area contributed by atoms with Crippen LogP contribution in [0.15, 0.2) is 42.5 Å². The van der Waals surface area contributed by atoms with E-state index in [0.717, 1.165) is 24.6 Å². The van der Waals surface area contributed by atoms with E-state index in [9.17, 15) is 8.78 Å². The van der Waals surface area contributed by atoms with Gasteiger partial charge >= 0.3 is 0 Å². The maximum Gasteiger partial charge on any atom is 0.126 e. The Bertz CT molecular complexity index is 558. The summed E-state index contributed by atoms with van der Waals surface area (Å²) in [6.07, 6.45) is 1.69. The molecule has 2 aromatic carbocycles. The maximum atomic E-state index is 13.4. The third kappa shape index (κ3) is 4.64. The molecule has 0 heterocycles. The van der Waals surface area contributed by atoms with Crippen LogP contribution in [0.25, 0.3) is 0 Å². The van der Waals surface area contributed by atoms with E-state index in [-0.39, 0.29) is 6.04 Å². The quantitative estimate of drug-likeness (QED) is 0.822. The van der Waals surface area contributed by atoms with Crippen molar-refractivity contribution in [2.45, 2.75) is 32.7 Å². The Morgan fingerprint density at radius 1 is 1.00 bits per heavy atom. The zero-order valence-corrected chi connectivity index (χ0v) is 12.5. The first-order valence-corrected chi connectivity index (χ1v) is 7.33. The van der Waals surface area contributed by atoms with Crippen molar-refractivity contribution in [3.05, 3.63) is 70.8 Å². The fourth-order valence-corrected chi connectivity index (χ4v) is 2.36. The summed E-state index contributed by atoms with van der Waals surface area (Å²) in [5.41, 5.74) is 3.01. The molecule has 0 aliphatic carbocycles. The predicted octanol–water partition coefficient (Wildman–Crippen LogP) is 4.56. The van der Waals surface area contributed by atoms with Crippen LogP contribution >= 0.6 is 0 Å². The third-order valence-electron chi connectivity index (χ3n) is 3.49. The Kier molecular flexibility index (Phi) is 5.45. The number of benzene rings is 2. The van der Waals surface area contributed by atoms with Gasteiger partial charge < -0.3 is 5.32 Å². The summed E-state index contributed by atoms with van der Waals surface area (Å²) >= 11 is 0. The van der Waals surface area contributed by atoms with E-state index in [2.05, 4.69) is 36.5 Å². The molecule has 0 saturated carbocycles. The van der Waals surface area contributed by atoms with E-state index in [0.29, 0.717) is 12.0 Å². The standard InChI is InChI=1S/C18H21F2N/c1-3-8-21-18(9-14-6-4-13(2)5-7-14)15-10-16(19)12-17(20)11-15/h4-7,10-12,18,21H,3,8-9H2,1-2H3. The van der Waals surface area contributed by atoms with Crippen molar-refractivity contribution in [1.29, 1.82) is 0 Å². The van der Waals surface area contributed by atoms with Crippen LogP contribution in [0.3, 0.4) is 0 Å². The van der Waals surface area contributed by atoms with E-state index in [1.807, 2.05) is 6.92 Å². The fraction of sp³-hybridized carbons (Fsp3) is 0.333. The molecule has 1 nitrogen and oxygen atoms in total. The zero-order valence-electron chi connectivity index (χ0n) is 12.5. The van der Waals surface area contributed by atoms with Crippen LogP contribution in [0.1, 0.15) is 36.1 Å². The minimum atomic E-state index is -0.530. The van der Waals surface area contributed by atoms with Gasteiger partial charge in [-0.05, 0) is 49.6 Å². The van der Waals surface area contributed by atoms with Gasteiger partial charge in [0.05, 0.1) is 0 Å². The number of hydrogen-bond donors (Lipinski definition) is 1. The molecule has 0 bridgehead atoms. The van der Waals surface area contributed by atoms with Gasteiger partial charge in [0.15, 0.2) is 0 Å². The van der Waals surface area contributed by atoms with Crippen molar-refractivity contribution >= 4 is 0 Å². The second-order valence-electron chi connectivity index (χ2n) is 5.40. The van der Waals surface area contributed by atoms with E-state index < -0.39 is 11.6 Å². The minimum absolute atomic E-state index is 0.0853. The molecule has 1 N–H and O–H groups in total. The van der Waals surface area contributed by atoms with Crippen LogP contribution in [0.2, 0.25) is 0 Å². The predicted molar refractivity (Wildman–Crippen MR) is 82.3 cm³/mol. The molecule has 1 atom stereocenters. The molecule has 0 amide bonds. The summed E-state index contributed by atoms with van der Waals surface area (Å²) in [5, 5.41) is 3.37. The Morgan fingerprint density at radius 2 is 1.62 bits per heavy atom. The molecule has 0 spiro atoms. The van der Waals surface area contributed by atoms with Crippen molar-refractivity contribution in [2.24, 2.45) is 0 Å². The largest absolute Gasteiger partial charge is 0.310 e. The third-order valence-corrected chi connectivity index (χ3v) is 3.49. The van der Waals surface area contributed by atoms with Crippen molar-refractivity contribution in [3.63, 3.8) is 0 Å². The van der Waals surface area contributed by atoms with Gasteiger partial charge in [0.1, 0.15) is 11.6 Å². The van der Waals surface area contributed by atoms with Gasteiger partial charge in [-0.25, -0.2) is 8.78 Å². The highest BCUT2D eigenvalue weighted by molar-refractivity contribution is 5.27. The van der Waals surface area contributed by atoms with Crippen LogP contribution in [0, 0.1) is 18.6 Å². The average molecular weight is 289 g/mol. The molecule has 0 saturated heterocycles. The molecule has 3 heteroatoms. The topological polar surface area (TPSA) is 12.0 Å². The molecular weight excluding hydrogens is 268 g/mol. The highest BCUT2D eigenvalue weighted by Crippen LogP contribution is 2.21. The summed E-state index contributed by atoms with van der Waals surface area (Å²) < 4.78 is 26.9. The van der Waals surface area contributed by atoms with Crippen molar-refractivity contribution < 1.29 is 8.78 Å². The van der Waals surface area contributed by atoms with Crippen LogP contribution in [0.5, 0.6) is 0 Å². The van der Waals surface area contributed by atoms with E-state index in [1.54, 1.807) is 0 Å². The molecule has 0 aliphatic heterocycles. The Hall–Kier alpha value is -1.74. The van der Waals surface area contributed by atoms with Gasteiger partial charge in [-0.15, -0.1) is 0 Å². The molecule has 112 valence electrons. The zero-order chi connectivity index (χ0) is 15.2. The minimum Gasteiger partial charge on any atom is -0.310 e. The number of aryl methyl sites for hydroxylation is 1. The van der Waals surface area contributed by atoms with Gasteiger partial charge in [0.2, 0.25) is 0 Å². The normalized spacial score (nSPS) is 12.4. The van der Waals surface area contributed by atoms with Gasteiger partial charge in [0, 0.05) is 12.1 Å². The van der Waals surface area contributed by atoms with Crippen molar-refractivity contribution in [2.75, 3.05) is 6.54 Å². The molecule has 0 fully saturated rings. The number of rotatable bonds is 6. The molecule has 2 aromatic rings. The number of nitrogens with one attached hydrogen (secondary N) is 1. The van der Waals surface area contributed by atoms with E-state index in [1.165, 1.54) is 17.7 Å². The Balaban J connectivity index is 2.22. The molecule has 1 unspecified atom stereocenters. The second-order valence-corrected chi connectivity index (χ2v) is 5.40. The van der Waals surface area contributed by atoms with Crippen molar-refractivity contribution in [1.82, 2.24) is 5.32 Å². The summed E-state index contributed by atoms with van der Waals surface area (Å²) in [4.78, 5) is 0. The van der Waals surface area contributed by atoms with Crippen LogP contribution < -0.4 is 5.32 Å². The first kappa shape index (κ1) is 15.6. The van der Waals surface area contributed by atoms with Crippen LogP contribution in [0.4, 0.5) is 8.78 Å². The van der Waals surface area contributed by atoms with Crippen LogP contribution in [-0.4, -0.2) is 6.54 Å².